The standard InChI is InChI=1S/C18H20N2O3/c1-22-15-9-14(10-16(11-15)23-2)18(21)20-8-7-19-17-6-4-3-5-13(17)12-20/h3-6,9-11,19H,7-8,12H2,1-2H3. The summed E-state index contributed by atoms with van der Waals surface area (Å²) in [4.78, 5) is 14.7. The lowest BCUT2D eigenvalue weighted by atomic mass is 10.1. The Kier molecular flexibility index (Phi) is 4.37. The van der Waals surface area contributed by atoms with Crippen molar-refractivity contribution >= 4 is 11.6 Å². The molecule has 1 heterocycles. The van der Waals surface area contributed by atoms with Gasteiger partial charge >= 0.3 is 0 Å². The zero-order valence-corrected chi connectivity index (χ0v) is 13.3. The fourth-order valence-corrected chi connectivity index (χ4v) is 2.73. The third kappa shape index (κ3) is 3.23. The minimum atomic E-state index is -0.0271. The Bertz CT molecular complexity index is 693. The number of ether oxygens (including phenoxy) is 2. The van der Waals surface area contributed by atoms with Gasteiger partial charge in [-0.25, -0.2) is 0 Å². The first kappa shape index (κ1) is 15.2. The van der Waals surface area contributed by atoms with Crippen LogP contribution in [0, 0.1) is 0 Å². The number of hydrogen-bond acceptors (Lipinski definition) is 4. The van der Waals surface area contributed by atoms with Crippen LogP contribution >= 0.6 is 0 Å². The van der Waals surface area contributed by atoms with Crippen LogP contribution in [-0.2, 0) is 6.54 Å². The van der Waals surface area contributed by atoms with Gasteiger partial charge < -0.3 is 19.7 Å². The summed E-state index contributed by atoms with van der Waals surface area (Å²) in [6, 6.07) is 13.3. The van der Waals surface area contributed by atoms with Crippen molar-refractivity contribution in [1.82, 2.24) is 4.90 Å². The molecule has 0 atom stereocenters. The third-order valence-electron chi connectivity index (χ3n) is 3.96. The van der Waals surface area contributed by atoms with Gasteiger partial charge in [0.15, 0.2) is 0 Å². The smallest absolute Gasteiger partial charge is 0.254 e. The van der Waals surface area contributed by atoms with Crippen LogP contribution in [0.2, 0.25) is 0 Å². The Balaban J connectivity index is 1.88. The quantitative estimate of drug-likeness (QED) is 0.947. The first-order valence-corrected chi connectivity index (χ1v) is 7.55. The van der Waals surface area contributed by atoms with Crippen molar-refractivity contribution in [2.75, 3.05) is 32.6 Å². The van der Waals surface area contributed by atoms with E-state index < -0.39 is 0 Å². The fourth-order valence-electron chi connectivity index (χ4n) is 2.73. The molecule has 5 heteroatoms. The Hall–Kier alpha value is -2.69. The molecule has 0 spiro atoms. The number of carbonyl (C=O) groups is 1. The van der Waals surface area contributed by atoms with Gasteiger partial charge in [-0.15, -0.1) is 0 Å². The summed E-state index contributed by atoms with van der Waals surface area (Å²) in [5, 5.41) is 3.36. The maximum atomic E-state index is 12.9. The van der Waals surface area contributed by atoms with Crippen LogP contribution in [0.4, 0.5) is 5.69 Å². The van der Waals surface area contributed by atoms with Gasteiger partial charge in [-0.05, 0) is 23.8 Å². The summed E-state index contributed by atoms with van der Waals surface area (Å²) >= 11 is 0. The number of rotatable bonds is 3. The van der Waals surface area contributed by atoms with Crippen LogP contribution in [0.5, 0.6) is 11.5 Å². The fraction of sp³-hybridized carbons (Fsp3) is 0.278. The second-order valence-corrected chi connectivity index (χ2v) is 5.41. The molecular weight excluding hydrogens is 292 g/mol. The summed E-state index contributed by atoms with van der Waals surface area (Å²) in [5.74, 6) is 1.20. The average molecular weight is 312 g/mol. The van der Waals surface area contributed by atoms with Gasteiger partial charge in [0.1, 0.15) is 11.5 Å². The van der Waals surface area contributed by atoms with Crippen LogP contribution < -0.4 is 14.8 Å². The maximum Gasteiger partial charge on any atom is 0.254 e. The number of benzene rings is 2. The molecule has 0 saturated carbocycles. The number of carbonyl (C=O) groups excluding carboxylic acids is 1. The first-order chi connectivity index (χ1) is 11.2. The maximum absolute atomic E-state index is 12.9. The molecule has 3 rings (SSSR count). The Labute approximate surface area is 135 Å². The zero-order valence-electron chi connectivity index (χ0n) is 13.3. The van der Waals surface area contributed by atoms with Crippen molar-refractivity contribution in [2.45, 2.75) is 6.54 Å². The number of anilines is 1. The van der Waals surface area contributed by atoms with Crippen LogP contribution in [0.1, 0.15) is 15.9 Å². The van der Waals surface area contributed by atoms with E-state index in [1.54, 1.807) is 32.4 Å². The summed E-state index contributed by atoms with van der Waals surface area (Å²) in [6.07, 6.45) is 0. The summed E-state index contributed by atoms with van der Waals surface area (Å²) in [6.45, 7) is 1.96. The van der Waals surface area contributed by atoms with Crippen molar-refractivity contribution in [3.8, 4) is 11.5 Å². The van der Waals surface area contributed by atoms with Crippen molar-refractivity contribution in [3.63, 3.8) is 0 Å². The van der Waals surface area contributed by atoms with Crippen LogP contribution in [-0.4, -0.2) is 38.1 Å². The highest BCUT2D eigenvalue weighted by molar-refractivity contribution is 5.95. The molecule has 0 unspecified atom stereocenters. The molecule has 23 heavy (non-hydrogen) atoms. The van der Waals surface area contributed by atoms with E-state index in [4.69, 9.17) is 9.47 Å². The molecule has 0 bridgehead atoms. The molecular formula is C18H20N2O3. The van der Waals surface area contributed by atoms with E-state index in [-0.39, 0.29) is 5.91 Å². The zero-order chi connectivity index (χ0) is 16.2. The largest absolute Gasteiger partial charge is 0.497 e. The minimum Gasteiger partial charge on any atom is -0.497 e. The third-order valence-corrected chi connectivity index (χ3v) is 3.96. The molecule has 2 aromatic carbocycles. The average Bonchev–Trinajstić information content (AvgIpc) is 2.82. The summed E-state index contributed by atoms with van der Waals surface area (Å²) in [5.41, 5.74) is 2.78. The molecule has 0 fully saturated rings. The van der Waals surface area contributed by atoms with E-state index in [9.17, 15) is 4.79 Å². The van der Waals surface area contributed by atoms with E-state index in [0.29, 0.717) is 30.2 Å². The van der Waals surface area contributed by atoms with Gasteiger partial charge in [-0.2, -0.15) is 0 Å². The Morgan fingerprint density at radius 3 is 2.48 bits per heavy atom. The molecule has 5 nitrogen and oxygen atoms in total. The molecule has 120 valence electrons. The van der Waals surface area contributed by atoms with Gasteiger partial charge in [-0.3, -0.25) is 4.79 Å². The summed E-state index contributed by atoms with van der Waals surface area (Å²) in [7, 11) is 3.16. The second-order valence-electron chi connectivity index (χ2n) is 5.41. The topological polar surface area (TPSA) is 50.8 Å². The van der Waals surface area contributed by atoms with Gasteiger partial charge in [0.05, 0.1) is 14.2 Å². The Morgan fingerprint density at radius 2 is 1.78 bits per heavy atom. The molecule has 2 aromatic rings. The number of methoxy groups -OCH3 is 2. The van der Waals surface area contributed by atoms with Crippen molar-refractivity contribution in [2.24, 2.45) is 0 Å². The number of hydrogen-bond donors (Lipinski definition) is 1. The van der Waals surface area contributed by atoms with Gasteiger partial charge in [0, 0.05) is 37.0 Å². The lowest BCUT2D eigenvalue weighted by molar-refractivity contribution is 0.0752. The Morgan fingerprint density at radius 1 is 1.09 bits per heavy atom. The van der Waals surface area contributed by atoms with Crippen molar-refractivity contribution in [3.05, 3.63) is 53.6 Å². The highest BCUT2D eigenvalue weighted by Crippen LogP contribution is 2.25. The first-order valence-electron chi connectivity index (χ1n) is 7.55. The van der Waals surface area contributed by atoms with Crippen molar-refractivity contribution in [1.29, 1.82) is 0 Å². The van der Waals surface area contributed by atoms with Gasteiger partial charge in [-0.1, -0.05) is 18.2 Å². The van der Waals surface area contributed by atoms with Crippen LogP contribution in [0.25, 0.3) is 0 Å². The molecule has 0 saturated heterocycles. The number of amides is 1. The summed E-state index contributed by atoms with van der Waals surface area (Å²) < 4.78 is 10.5. The number of nitrogens with one attached hydrogen (secondary N) is 1. The van der Waals surface area contributed by atoms with Crippen LogP contribution in [0.15, 0.2) is 42.5 Å². The van der Waals surface area contributed by atoms with Gasteiger partial charge in [0.25, 0.3) is 5.91 Å². The number of para-hydroxylation sites is 1. The van der Waals surface area contributed by atoms with E-state index in [0.717, 1.165) is 17.8 Å². The highest BCUT2D eigenvalue weighted by atomic mass is 16.5. The lowest BCUT2D eigenvalue weighted by Crippen LogP contribution is -2.32. The van der Waals surface area contributed by atoms with E-state index in [1.807, 2.05) is 29.2 Å². The van der Waals surface area contributed by atoms with Crippen molar-refractivity contribution < 1.29 is 14.3 Å². The minimum absolute atomic E-state index is 0.0271. The monoisotopic (exact) mass is 312 g/mol. The van der Waals surface area contributed by atoms with Gasteiger partial charge in [0.2, 0.25) is 0 Å². The predicted octanol–water partition coefficient (Wildman–Crippen LogP) is 2.77. The molecule has 0 aromatic heterocycles. The van der Waals surface area contributed by atoms with E-state index in [2.05, 4.69) is 5.32 Å². The van der Waals surface area contributed by atoms with E-state index in [1.165, 1.54) is 0 Å². The van der Waals surface area contributed by atoms with E-state index >= 15 is 0 Å². The molecule has 1 N–H and O–H groups in total. The predicted molar refractivity (Wildman–Crippen MR) is 89.2 cm³/mol. The number of nitrogens with zero attached hydrogens (tertiary/aromatic N) is 1. The van der Waals surface area contributed by atoms with Crippen LogP contribution in [0.3, 0.4) is 0 Å². The molecule has 0 aliphatic carbocycles. The molecule has 0 radical (unpaired) electrons. The molecule has 1 aliphatic heterocycles. The molecule has 1 aliphatic rings. The lowest BCUT2D eigenvalue weighted by Gasteiger charge is -2.21. The second kappa shape index (κ2) is 6.60. The normalized spacial score (nSPS) is 13.6. The SMILES string of the molecule is COc1cc(OC)cc(C(=O)N2CCNc3ccccc3C2)c1. The highest BCUT2D eigenvalue weighted by Gasteiger charge is 2.21. The number of fused-ring (bicyclic) bond motifs is 1. The molecule has 1 amide bonds.